The highest BCUT2D eigenvalue weighted by atomic mass is 15.1. The Labute approximate surface area is 109 Å². The van der Waals surface area contributed by atoms with Crippen LogP contribution in [0.5, 0.6) is 0 Å². The van der Waals surface area contributed by atoms with Crippen LogP contribution in [0.25, 0.3) is 0 Å². The zero-order chi connectivity index (χ0) is 12.4. The van der Waals surface area contributed by atoms with E-state index in [1.165, 1.54) is 23.1 Å². The fraction of sp³-hybridized carbons (Fsp3) is 0.294. The molecule has 0 saturated heterocycles. The third kappa shape index (κ3) is 2.19. The van der Waals surface area contributed by atoms with Gasteiger partial charge in [0.2, 0.25) is 0 Å². The summed E-state index contributed by atoms with van der Waals surface area (Å²) in [5.41, 5.74) is 4.43. The number of benzene rings is 2. The summed E-state index contributed by atoms with van der Waals surface area (Å²) in [7, 11) is 2.21. The Morgan fingerprint density at radius 2 is 1.67 bits per heavy atom. The molecule has 0 aromatic heterocycles. The molecule has 1 heterocycles. The van der Waals surface area contributed by atoms with Gasteiger partial charge in [-0.3, -0.25) is 0 Å². The molecule has 0 amide bonds. The van der Waals surface area contributed by atoms with Gasteiger partial charge < -0.3 is 4.90 Å². The van der Waals surface area contributed by atoms with Crippen molar-refractivity contribution in [2.45, 2.75) is 18.9 Å². The first-order chi connectivity index (χ1) is 8.84. The first-order valence-corrected chi connectivity index (χ1v) is 6.66. The maximum atomic E-state index is 2.42. The fourth-order valence-electron chi connectivity index (χ4n) is 2.92. The van der Waals surface area contributed by atoms with E-state index in [4.69, 9.17) is 0 Å². The van der Waals surface area contributed by atoms with Crippen molar-refractivity contribution in [1.29, 1.82) is 0 Å². The molecule has 0 saturated carbocycles. The summed E-state index contributed by atoms with van der Waals surface area (Å²) in [5, 5.41) is 0. The Balaban J connectivity index is 2.05. The van der Waals surface area contributed by atoms with Gasteiger partial charge in [0.15, 0.2) is 0 Å². The van der Waals surface area contributed by atoms with Gasteiger partial charge in [0.25, 0.3) is 0 Å². The van der Waals surface area contributed by atoms with Crippen molar-refractivity contribution in [1.82, 2.24) is 4.90 Å². The average molecular weight is 237 g/mol. The molecule has 0 aliphatic carbocycles. The van der Waals surface area contributed by atoms with E-state index in [-0.39, 0.29) is 0 Å². The van der Waals surface area contributed by atoms with Crippen LogP contribution in [0.2, 0.25) is 0 Å². The summed E-state index contributed by atoms with van der Waals surface area (Å²) < 4.78 is 0. The normalized spacial score (nSPS) is 20.2. The lowest BCUT2D eigenvalue weighted by atomic mass is 9.87. The summed E-state index contributed by atoms with van der Waals surface area (Å²) >= 11 is 0. The van der Waals surface area contributed by atoms with Crippen molar-refractivity contribution < 1.29 is 0 Å². The van der Waals surface area contributed by atoms with E-state index in [2.05, 4.69) is 66.5 Å². The van der Waals surface area contributed by atoms with Crippen molar-refractivity contribution in [3.63, 3.8) is 0 Å². The van der Waals surface area contributed by atoms with Gasteiger partial charge in [-0.2, -0.15) is 0 Å². The summed E-state index contributed by atoms with van der Waals surface area (Å²) in [5.74, 6) is 0.548. The van der Waals surface area contributed by atoms with Crippen molar-refractivity contribution in [2.75, 3.05) is 13.6 Å². The molecule has 3 rings (SSSR count). The van der Waals surface area contributed by atoms with E-state index in [0.29, 0.717) is 5.92 Å². The highest BCUT2D eigenvalue weighted by Crippen LogP contribution is 2.33. The molecule has 2 aromatic carbocycles. The van der Waals surface area contributed by atoms with E-state index in [9.17, 15) is 0 Å². The van der Waals surface area contributed by atoms with Gasteiger partial charge in [-0.25, -0.2) is 0 Å². The van der Waals surface area contributed by atoms with E-state index in [0.717, 1.165) is 13.1 Å². The third-order valence-corrected chi connectivity index (χ3v) is 3.87. The quantitative estimate of drug-likeness (QED) is 0.731. The van der Waals surface area contributed by atoms with E-state index < -0.39 is 0 Å². The maximum absolute atomic E-state index is 2.42. The molecule has 0 unspecified atom stereocenters. The fourth-order valence-corrected chi connectivity index (χ4v) is 2.92. The summed E-state index contributed by atoms with van der Waals surface area (Å²) in [6.07, 6.45) is 1.21. The van der Waals surface area contributed by atoms with Gasteiger partial charge in [0, 0.05) is 12.5 Å². The Morgan fingerprint density at radius 3 is 2.50 bits per heavy atom. The minimum atomic E-state index is 0.548. The standard InChI is InChI=1S/C17H19N/c1-18-12-11-17(14-7-3-2-4-8-14)16-10-6-5-9-15(16)13-18/h2-10,17H,11-13H2,1H3/t17-/m1/s1. The Kier molecular flexibility index (Phi) is 3.16. The molecular formula is C17H19N. The predicted molar refractivity (Wildman–Crippen MR) is 75.7 cm³/mol. The van der Waals surface area contributed by atoms with Crippen LogP contribution in [0.4, 0.5) is 0 Å². The van der Waals surface area contributed by atoms with Gasteiger partial charge in [0.05, 0.1) is 0 Å². The predicted octanol–water partition coefficient (Wildman–Crippen LogP) is 3.65. The zero-order valence-corrected chi connectivity index (χ0v) is 10.8. The van der Waals surface area contributed by atoms with Crippen molar-refractivity contribution >= 4 is 0 Å². The van der Waals surface area contributed by atoms with E-state index in [1.807, 2.05) is 0 Å². The third-order valence-electron chi connectivity index (χ3n) is 3.87. The maximum Gasteiger partial charge on any atom is 0.0233 e. The Bertz CT molecular complexity index is 518. The number of hydrogen-bond donors (Lipinski definition) is 0. The van der Waals surface area contributed by atoms with Crippen LogP contribution in [-0.2, 0) is 6.54 Å². The topological polar surface area (TPSA) is 3.24 Å². The average Bonchev–Trinajstić information content (AvgIpc) is 2.58. The van der Waals surface area contributed by atoms with Gasteiger partial charge >= 0.3 is 0 Å². The van der Waals surface area contributed by atoms with Crippen LogP contribution in [0.3, 0.4) is 0 Å². The summed E-state index contributed by atoms with van der Waals surface area (Å²) in [6.45, 7) is 2.23. The van der Waals surface area contributed by atoms with Gasteiger partial charge in [0.1, 0.15) is 0 Å². The lowest BCUT2D eigenvalue weighted by molar-refractivity contribution is 0.328. The molecule has 1 aliphatic rings. The monoisotopic (exact) mass is 237 g/mol. The smallest absolute Gasteiger partial charge is 0.0233 e. The van der Waals surface area contributed by atoms with Gasteiger partial charge in [-0.1, -0.05) is 54.6 Å². The SMILES string of the molecule is CN1CC[C@H](c2ccccc2)c2ccccc2C1. The van der Waals surface area contributed by atoms with Gasteiger partial charge in [-0.15, -0.1) is 0 Å². The highest BCUT2D eigenvalue weighted by molar-refractivity contribution is 5.38. The molecular weight excluding hydrogens is 218 g/mol. The molecule has 1 nitrogen and oxygen atoms in total. The number of rotatable bonds is 1. The molecule has 0 bridgehead atoms. The number of fused-ring (bicyclic) bond motifs is 1. The van der Waals surface area contributed by atoms with Crippen LogP contribution in [0.1, 0.15) is 29.0 Å². The largest absolute Gasteiger partial charge is 0.302 e. The molecule has 0 fully saturated rings. The summed E-state index contributed by atoms with van der Waals surface area (Å²) in [6, 6.07) is 19.8. The molecule has 18 heavy (non-hydrogen) atoms. The summed E-state index contributed by atoms with van der Waals surface area (Å²) in [4.78, 5) is 2.42. The van der Waals surface area contributed by atoms with Crippen molar-refractivity contribution in [3.05, 3.63) is 71.3 Å². The number of hydrogen-bond acceptors (Lipinski definition) is 1. The van der Waals surface area contributed by atoms with Crippen LogP contribution in [0, 0.1) is 0 Å². The minimum Gasteiger partial charge on any atom is -0.302 e. The highest BCUT2D eigenvalue weighted by Gasteiger charge is 2.21. The first kappa shape index (κ1) is 11.5. The van der Waals surface area contributed by atoms with Crippen molar-refractivity contribution in [3.8, 4) is 0 Å². The molecule has 0 N–H and O–H groups in total. The molecule has 0 spiro atoms. The van der Waals surface area contributed by atoms with E-state index >= 15 is 0 Å². The second-order valence-corrected chi connectivity index (χ2v) is 5.19. The van der Waals surface area contributed by atoms with Gasteiger partial charge in [-0.05, 0) is 36.7 Å². The molecule has 1 aliphatic heterocycles. The first-order valence-electron chi connectivity index (χ1n) is 6.66. The number of nitrogens with zero attached hydrogens (tertiary/aromatic N) is 1. The lowest BCUT2D eigenvalue weighted by Gasteiger charge is -2.17. The Hall–Kier alpha value is -1.60. The second-order valence-electron chi connectivity index (χ2n) is 5.19. The van der Waals surface area contributed by atoms with Crippen LogP contribution < -0.4 is 0 Å². The molecule has 1 atom stereocenters. The lowest BCUT2D eigenvalue weighted by Crippen LogP contribution is -2.17. The minimum absolute atomic E-state index is 0.548. The van der Waals surface area contributed by atoms with Crippen molar-refractivity contribution in [2.24, 2.45) is 0 Å². The molecule has 0 radical (unpaired) electrons. The van der Waals surface area contributed by atoms with Crippen LogP contribution in [-0.4, -0.2) is 18.5 Å². The van der Waals surface area contributed by atoms with Crippen LogP contribution >= 0.6 is 0 Å². The zero-order valence-electron chi connectivity index (χ0n) is 10.8. The van der Waals surface area contributed by atoms with Crippen LogP contribution in [0.15, 0.2) is 54.6 Å². The molecule has 1 heteroatoms. The molecule has 92 valence electrons. The van der Waals surface area contributed by atoms with E-state index in [1.54, 1.807) is 0 Å². The molecule has 2 aromatic rings. The second kappa shape index (κ2) is 4.95. The Morgan fingerprint density at radius 1 is 0.944 bits per heavy atom.